The predicted molar refractivity (Wildman–Crippen MR) is 70.9 cm³/mol. The van der Waals surface area contributed by atoms with Crippen molar-refractivity contribution in [2.24, 2.45) is 11.8 Å². The molecular formula is C15H21NO2. The molecule has 3 heteroatoms. The van der Waals surface area contributed by atoms with Gasteiger partial charge in [0.05, 0.1) is 0 Å². The number of benzene rings is 1. The smallest absolute Gasteiger partial charge is 0.163 e. The monoisotopic (exact) mass is 247 g/mol. The first-order valence-corrected chi connectivity index (χ1v) is 6.90. The summed E-state index contributed by atoms with van der Waals surface area (Å²) in [5, 5.41) is 2.99. The minimum atomic E-state index is 0.406. The highest BCUT2D eigenvalue weighted by Crippen LogP contribution is 2.46. The molecule has 0 amide bonds. The summed E-state index contributed by atoms with van der Waals surface area (Å²) in [6.07, 6.45) is 5.75. The molecule has 0 radical (unpaired) electrons. The highest BCUT2D eigenvalue weighted by Gasteiger charge is 2.41. The average molecular weight is 247 g/mol. The van der Waals surface area contributed by atoms with Crippen LogP contribution in [0.2, 0.25) is 0 Å². The minimum absolute atomic E-state index is 0.406. The Labute approximate surface area is 108 Å². The van der Waals surface area contributed by atoms with E-state index in [0.717, 1.165) is 23.3 Å². The SMILES string of the molecule is CNCOc1ccccc1OC1CC2CCC1C2. The Kier molecular flexibility index (Phi) is 3.41. The van der Waals surface area contributed by atoms with Crippen molar-refractivity contribution in [3.05, 3.63) is 24.3 Å². The normalized spacial score (nSPS) is 29.5. The van der Waals surface area contributed by atoms with Crippen molar-refractivity contribution < 1.29 is 9.47 Å². The van der Waals surface area contributed by atoms with Gasteiger partial charge in [-0.3, -0.25) is 5.32 Å². The molecule has 2 fully saturated rings. The van der Waals surface area contributed by atoms with E-state index in [1.54, 1.807) is 0 Å². The van der Waals surface area contributed by atoms with Crippen LogP contribution in [0.15, 0.2) is 24.3 Å². The van der Waals surface area contributed by atoms with Gasteiger partial charge < -0.3 is 9.47 Å². The van der Waals surface area contributed by atoms with E-state index in [0.29, 0.717) is 12.8 Å². The maximum absolute atomic E-state index is 6.18. The molecule has 1 aromatic carbocycles. The van der Waals surface area contributed by atoms with E-state index in [9.17, 15) is 0 Å². The van der Waals surface area contributed by atoms with Crippen LogP contribution in [0.3, 0.4) is 0 Å². The zero-order valence-corrected chi connectivity index (χ0v) is 10.9. The molecule has 1 aromatic rings. The van der Waals surface area contributed by atoms with Crippen LogP contribution in [0.4, 0.5) is 0 Å². The van der Waals surface area contributed by atoms with Gasteiger partial charge in [-0.15, -0.1) is 0 Å². The standard InChI is InChI=1S/C15H21NO2/c1-16-10-17-13-4-2-3-5-14(13)18-15-9-11-6-7-12(15)8-11/h2-5,11-12,15-16H,6-10H2,1H3. The van der Waals surface area contributed by atoms with E-state index in [2.05, 4.69) is 5.32 Å². The molecule has 2 aliphatic rings. The molecular weight excluding hydrogens is 226 g/mol. The van der Waals surface area contributed by atoms with Crippen molar-refractivity contribution in [3.63, 3.8) is 0 Å². The number of hydrogen-bond donors (Lipinski definition) is 1. The maximum atomic E-state index is 6.18. The molecule has 0 heterocycles. The van der Waals surface area contributed by atoms with Crippen LogP contribution in [0.25, 0.3) is 0 Å². The summed E-state index contributed by atoms with van der Waals surface area (Å²) in [7, 11) is 1.87. The number of fused-ring (bicyclic) bond motifs is 2. The zero-order valence-electron chi connectivity index (χ0n) is 10.9. The lowest BCUT2D eigenvalue weighted by molar-refractivity contribution is 0.131. The van der Waals surface area contributed by atoms with Crippen LogP contribution in [0.5, 0.6) is 11.5 Å². The first-order valence-electron chi connectivity index (χ1n) is 6.90. The molecule has 0 aliphatic heterocycles. The van der Waals surface area contributed by atoms with E-state index in [4.69, 9.17) is 9.47 Å². The molecule has 3 atom stereocenters. The van der Waals surface area contributed by atoms with Gasteiger partial charge in [-0.1, -0.05) is 12.1 Å². The van der Waals surface area contributed by atoms with Crippen LogP contribution in [0.1, 0.15) is 25.7 Å². The van der Waals surface area contributed by atoms with Crippen LogP contribution in [-0.2, 0) is 0 Å². The number of hydrogen-bond acceptors (Lipinski definition) is 3. The van der Waals surface area contributed by atoms with Crippen molar-refractivity contribution in [1.82, 2.24) is 5.32 Å². The van der Waals surface area contributed by atoms with Gasteiger partial charge in [-0.25, -0.2) is 0 Å². The second kappa shape index (κ2) is 5.19. The molecule has 98 valence electrons. The molecule has 2 bridgehead atoms. The highest BCUT2D eigenvalue weighted by atomic mass is 16.5. The number of para-hydroxylation sites is 2. The third-order valence-electron chi connectivity index (χ3n) is 4.17. The zero-order chi connectivity index (χ0) is 12.4. The molecule has 2 saturated carbocycles. The summed E-state index contributed by atoms with van der Waals surface area (Å²) in [5.41, 5.74) is 0. The third-order valence-corrected chi connectivity index (χ3v) is 4.17. The Morgan fingerprint density at radius 3 is 2.67 bits per heavy atom. The first-order chi connectivity index (χ1) is 8.86. The second-order valence-corrected chi connectivity index (χ2v) is 5.42. The molecule has 0 aromatic heterocycles. The fourth-order valence-corrected chi connectivity index (χ4v) is 3.31. The lowest BCUT2D eigenvalue weighted by atomic mass is 9.98. The molecule has 2 aliphatic carbocycles. The molecule has 18 heavy (non-hydrogen) atoms. The van der Waals surface area contributed by atoms with Crippen LogP contribution in [-0.4, -0.2) is 19.9 Å². The molecule has 1 N–H and O–H groups in total. The Hall–Kier alpha value is -1.22. The van der Waals surface area contributed by atoms with Gasteiger partial charge in [-0.05, 0) is 56.7 Å². The first kappa shape index (κ1) is 11.8. The molecule has 3 rings (SSSR count). The largest absolute Gasteiger partial charge is 0.486 e. The van der Waals surface area contributed by atoms with Crippen molar-refractivity contribution in [3.8, 4) is 11.5 Å². The lowest BCUT2D eigenvalue weighted by Gasteiger charge is -2.24. The van der Waals surface area contributed by atoms with Gasteiger partial charge in [0.1, 0.15) is 12.8 Å². The van der Waals surface area contributed by atoms with Gasteiger partial charge in [0, 0.05) is 0 Å². The number of ether oxygens (including phenoxy) is 2. The quantitative estimate of drug-likeness (QED) is 0.812. The summed E-state index contributed by atoms with van der Waals surface area (Å²) in [4.78, 5) is 0. The summed E-state index contributed by atoms with van der Waals surface area (Å²) in [6, 6.07) is 7.98. The van der Waals surface area contributed by atoms with Crippen molar-refractivity contribution in [2.45, 2.75) is 31.8 Å². The summed E-state index contributed by atoms with van der Waals surface area (Å²) < 4.78 is 11.8. The Bertz CT molecular complexity index is 407. The van der Waals surface area contributed by atoms with E-state index in [1.165, 1.54) is 25.7 Å². The highest BCUT2D eigenvalue weighted by molar-refractivity contribution is 5.39. The maximum Gasteiger partial charge on any atom is 0.163 e. The van der Waals surface area contributed by atoms with Crippen LogP contribution < -0.4 is 14.8 Å². The molecule has 0 saturated heterocycles. The van der Waals surface area contributed by atoms with Crippen molar-refractivity contribution in [2.75, 3.05) is 13.8 Å². The fraction of sp³-hybridized carbons (Fsp3) is 0.600. The van der Waals surface area contributed by atoms with E-state index in [-0.39, 0.29) is 0 Å². The Morgan fingerprint density at radius 1 is 1.17 bits per heavy atom. The van der Waals surface area contributed by atoms with Crippen molar-refractivity contribution >= 4 is 0 Å². The molecule has 3 unspecified atom stereocenters. The number of nitrogens with one attached hydrogen (secondary N) is 1. The second-order valence-electron chi connectivity index (χ2n) is 5.42. The van der Waals surface area contributed by atoms with Crippen LogP contribution in [0, 0.1) is 11.8 Å². The Morgan fingerprint density at radius 2 is 2.00 bits per heavy atom. The topological polar surface area (TPSA) is 30.5 Å². The van der Waals surface area contributed by atoms with Crippen LogP contribution >= 0.6 is 0 Å². The summed E-state index contributed by atoms with van der Waals surface area (Å²) in [6.45, 7) is 0.511. The average Bonchev–Trinajstić information content (AvgIpc) is 3.00. The van der Waals surface area contributed by atoms with E-state index >= 15 is 0 Å². The van der Waals surface area contributed by atoms with E-state index in [1.807, 2.05) is 31.3 Å². The van der Waals surface area contributed by atoms with E-state index < -0.39 is 0 Å². The van der Waals surface area contributed by atoms with Gasteiger partial charge in [0.25, 0.3) is 0 Å². The van der Waals surface area contributed by atoms with Gasteiger partial charge >= 0.3 is 0 Å². The van der Waals surface area contributed by atoms with Gasteiger partial charge in [-0.2, -0.15) is 0 Å². The third kappa shape index (κ3) is 2.32. The summed E-state index contributed by atoms with van der Waals surface area (Å²) >= 11 is 0. The minimum Gasteiger partial charge on any atom is -0.486 e. The predicted octanol–water partition coefficient (Wildman–Crippen LogP) is 2.81. The van der Waals surface area contributed by atoms with Crippen molar-refractivity contribution in [1.29, 1.82) is 0 Å². The van der Waals surface area contributed by atoms with Gasteiger partial charge in [0.15, 0.2) is 11.5 Å². The molecule has 0 spiro atoms. The number of rotatable bonds is 5. The summed E-state index contributed by atoms with van der Waals surface area (Å²) in [5.74, 6) is 3.41. The lowest BCUT2D eigenvalue weighted by Crippen LogP contribution is -2.24. The fourth-order valence-electron chi connectivity index (χ4n) is 3.31. The van der Waals surface area contributed by atoms with Gasteiger partial charge in [0.2, 0.25) is 0 Å². The Balaban J connectivity index is 1.68. The molecule has 3 nitrogen and oxygen atoms in total.